The van der Waals surface area contributed by atoms with Gasteiger partial charge in [0, 0.05) is 9.50 Å². The molecule has 1 aromatic carbocycles. The zero-order valence-corrected chi connectivity index (χ0v) is 11.1. The van der Waals surface area contributed by atoms with Crippen molar-refractivity contribution in [2.24, 2.45) is 0 Å². The smallest absolute Gasteiger partial charge is 0.149 e. The van der Waals surface area contributed by atoms with Crippen LogP contribution in [0.15, 0.2) is 34.8 Å². The van der Waals surface area contributed by atoms with Crippen LogP contribution in [0.3, 0.4) is 0 Å². The van der Waals surface area contributed by atoms with Crippen molar-refractivity contribution < 1.29 is 0 Å². The summed E-state index contributed by atoms with van der Waals surface area (Å²) in [6.07, 6.45) is 0. The highest BCUT2D eigenvalue weighted by atomic mass is 79.9. The van der Waals surface area contributed by atoms with Crippen LogP contribution in [0.2, 0.25) is 5.02 Å². The Kier molecular flexibility index (Phi) is 3.40. The second-order valence-electron chi connectivity index (χ2n) is 3.42. The Morgan fingerprint density at radius 1 is 1.18 bits per heavy atom. The molecule has 0 atom stereocenters. The number of pyridine rings is 1. The fourth-order valence-electron chi connectivity index (χ4n) is 1.28. The lowest BCUT2D eigenvalue weighted by atomic mass is 10.3. The van der Waals surface area contributed by atoms with Crippen LogP contribution in [0, 0.1) is 0 Å². The van der Waals surface area contributed by atoms with Gasteiger partial charge in [-0.2, -0.15) is 0 Å². The molecule has 1 aromatic heterocycles. The molecule has 0 spiro atoms. The van der Waals surface area contributed by atoms with Crippen LogP contribution in [0.5, 0.6) is 0 Å². The van der Waals surface area contributed by atoms with Crippen molar-refractivity contribution >= 4 is 50.5 Å². The molecule has 17 heavy (non-hydrogen) atoms. The molecule has 2 rings (SSSR count). The molecule has 0 unspecified atom stereocenters. The van der Waals surface area contributed by atoms with Crippen molar-refractivity contribution in [3.8, 4) is 0 Å². The van der Waals surface area contributed by atoms with E-state index in [1.807, 2.05) is 6.07 Å². The number of hydrogen-bond donors (Lipinski definition) is 3. The van der Waals surface area contributed by atoms with Gasteiger partial charge in [-0.15, -0.1) is 0 Å². The van der Waals surface area contributed by atoms with E-state index < -0.39 is 0 Å². The molecule has 5 N–H and O–H groups in total. The second kappa shape index (κ2) is 4.81. The van der Waals surface area contributed by atoms with Crippen molar-refractivity contribution in [1.29, 1.82) is 0 Å². The van der Waals surface area contributed by atoms with Gasteiger partial charge >= 0.3 is 0 Å². The van der Waals surface area contributed by atoms with Gasteiger partial charge in [0.05, 0.1) is 11.4 Å². The van der Waals surface area contributed by atoms with Crippen LogP contribution in [-0.2, 0) is 0 Å². The minimum atomic E-state index is 0.306. The first kappa shape index (κ1) is 12.0. The summed E-state index contributed by atoms with van der Waals surface area (Å²) >= 11 is 9.26. The Morgan fingerprint density at radius 2 is 1.94 bits per heavy atom. The zero-order chi connectivity index (χ0) is 12.4. The van der Waals surface area contributed by atoms with E-state index in [1.165, 1.54) is 0 Å². The van der Waals surface area contributed by atoms with Crippen LogP contribution < -0.4 is 16.8 Å². The van der Waals surface area contributed by atoms with E-state index in [2.05, 4.69) is 26.2 Å². The van der Waals surface area contributed by atoms with Crippen LogP contribution in [0.25, 0.3) is 0 Å². The lowest BCUT2D eigenvalue weighted by Gasteiger charge is -2.09. The summed E-state index contributed by atoms with van der Waals surface area (Å²) in [5, 5.41) is 3.77. The molecule has 0 radical (unpaired) electrons. The highest BCUT2D eigenvalue weighted by molar-refractivity contribution is 9.10. The van der Waals surface area contributed by atoms with Crippen molar-refractivity contribution in [2.75, 3.05) is 16.8 Å². The lowest BCUT2D eigenvalue weighted by Crippen LogP contribution is -2.01. The summed E-state index contributed by atoms with van der Waals surface area (Å²) < 4.78 is 0.849. The molecule has 0 saturated carbocycles. The van der Waals surface area contributed by atoms with Gasteiger partial charge < -0.3 is 16.8 Å². The van der Waals surface area contributed by atoms with Crippen LogP contribution >= 0.6 is 27.5 Å². The van der Waals surface area contributed by atoms with Crippen molar-refractivity contribution in [3.05, 3.63) is 39.8 Å². The highest BCUT2D eigenvalue weighted by Crippen LogP contribution is 2.28. The minimum absolute atomic E-state index is 0.306. The lowest BCUT2D eigenvalue weighted by molar-refractivity contribution is 1.31. The molecule has 0 aliphatic carbocycles. The highest BCUT2D eigenvalue weighted by Gasteiger charge is 2.03. The predicted molar refractivity (Wildman–Crippen MR) is 75.5 cm³/mol. The molecule has 0 fully saturated rings. The van der Waals surface area contributed by atoms with Gasteiger partial charge in [0.25, 0.3) is 0 Å². The Hall–Kier alpha value is -1.46. The van der Waals surface area contributed by atoms with Gasteiger partial charge in [-0.05, 0) is 46.3 Å². The second-order valence-corrected chi connectivity index (χ2v) is 4.71. The summed E-state index contributed by atoms with van der Waals surface area (Å²) in [6, 6.07) is 8.89. The average molecular weight is 314 g/mol. The van der Waals surface area contributed by atoms with Gasteiger partial charge in [-0.25, -0.2) is 4.98 Å². The van der Waals surface area contributed by atoms with Gasteiger partial charge in [-0.3, -0.25) is 0 Å². The van der Waals surface area contributed by atoms with E-state index in [0.717, 1.165) is 10.2 Å². The Morgan fingerprint density at radius 3 is 2.59 bits per heavy atom. The quantitative estimate of drug-likeness (QED) is 0.794. The molecular weight excluding hydrogens is 304 g/mol. The van der Waals surface area contributed by atoms with Gasteiger partial charge in [0.2, 0.25) is 0 Å². The van der Waals surface area contributed by atoms with Gasteiger partial charge in [0.1, 0.15) is 11.6 Å². The fourth-order valence-corrected chi connectivity index (χ4v) is 2.07. The number of halogens is 2. The van der Waals surface area contributed by atoms with Crippen molar-refractivity contribution in [3.63, 3.8) is 0 Å². The van der Waals surface area contributed by atoms with E-state index in [-0.39, 0.29) is 0 Å². The normalized spacial score (nSPS) is 10.2. The van der Waals surface area contributed by atoms with E-state index in [1.54, 1.807) is 24.3 Å². The maximum atomic E-state index is 5.86. The van der Waals surface area contributed by atoms with Crippen molar-refractivity contribution in [2.45, 2.75) is 0 Å². The third-order valence-electron chi connectivity index (χ3n) is 2.15. The predicted octanol–water partition coefficient (Wildman–Crippen LogP) is 3.41. The summed E-state index contributed by atoms with van der Waals surface area (Å²) in [5.74, 6) is 0.930. The number of nitrogens with one attached hydrogen (secondary N) is 1. The number of anilines is 4. The molecule has 0 saturated heterocycles. The minimum Gasteiger partial charge on any atom is -0.396 e. The SMILES string of the molecule is Nc1ccc(Nc2ccc(Cl)cc2Br)nc1N. The third-order valence-corrected chi connectivity index (χ3v) is 3.04. The number of benzene rings is 1. The summed E-state index contributed by atoms with van der Waals surface area (Å²) in [7, 11) is 0. The first-order valence-corrected chi connectivity index (χ1v) is 5.97. The van der Waals surface area contributed by atoms with Crippen LogP contribution in [0.4, 0.5) is 23.0 Å². The Bertz CT molecular complexity index is 559. The first-order valence-electron chi connectivity index (χ1n) is 4.80. The van der Waals surface area contributed by atoms with Gasteiger partial charge in [0.15, 0.2) is 0 Å². The maximum Gasteiger partial charge on any atom is 0.149 e. The standard InChI is InChI=1S/C11H10BrClN4/c12-7-5-6(13)1-3-9(7)16-10-4-2-8(14)11(15)17-10/h1-5H,14H2,(H3,15,16,17). The third kappa shape index (κ3) is 2.81. The molecular formula is C11H10BrClN4. The van der Waals surface area contributed by atoms with Crippen LogP contribution in [-0.4, -0.2) is 4.98 Å². The van der Waals surface area contributed by atoms with Gasteiger partial charge in [-0.1, -0.05) is 11.6 Å². The summed E-state index contributed by atoms with van der Waals surface area (Å²) in [5.41, 5.74) is 12.5. The summed E-state index contributed by atoms with van der Waals surface area (Å²) in [4.78, 5) is 4.12. The molecule has 4 nitrogen and oxygen atoms in total. The van der Waals surface area contributed by atoms with E-state index >= 15 is 0 Å². The number of aromatic nitrogens is 1. The summed E-state index contributed by atoms with van der Waals surface area (Å²) in [6.45, 7) is 0. The Labute approximate surface area is 112 Å². The number of nitrogens with zero attached hydrogens (tertiary/aromatic N) is 1. The number of nitrogen functional groups attached to an aromatic ring is 2. The number of nitrogens with two attached hydrogens (primary N) is 2. The number of hydrogen-bond acceptors (Lipinski definition) is 4. The first-order chi connectivity index (χ1) is 8.06. The molecule has 0 aliphatic heterocycles. The topological polar surface area (TPSA) is 77.0 Å². The fraction of sp³-hybridized carbons (Fsp3) is 0. The average Bonchev–Trinajstić information content (AvgIpc) is 2.27. The van der Waals surface area contributed by atoms with Crippen molar-refractivity contribution in [1.82, 2.24) is 4.98 Å². The molecule has 88 valence electrons. The monoisotopic (exact) mass is 312 g/mol. The van der Waals surface area contributed by atoms with E-state index in [9.17, 15) is 0 Å². The van der Waals surface area contributed by atoms with E-state index in [0.29, 0.717) is 22.3 Å². The molecule has 0 bridgehead atoms. The Balaban J connectivity index is 2.28. The number of rotatable bonds is 2. The van der Waals surface area contributed by atoms with Crippen LogP contribution in [0.1, 0.15) is 0 Å². The molecule has 6 heteroatoms. The molecule has 0 aliphatic rings. The molecule has 0 amide bonds. The zero-order valence-electron chi connectivity index (χ0n) is 8.74. The largest absolute Gasteiger partial charge is 0.396 e. The van der Waals surface area contributed by atoms with E-state index in [4.69, 9.17) is 23.1 Å². The maximum absolute atomic E-state index is 5.86. The molecule has 2 aromatic rings. The molecule has 1 heterocycles.